The number of fused-ring (bicyclic) bond motifs is 3. The average molecular weight is 2300 g/mol. The molecule has 0 aromatic heterocycles. The highest BCUT2D eigenvalue weighted by Gasteiger charge is 2.14. The van der Waals surface area contributed by atoms with E-state index in [0.29, 0.717) is 104 Å². The van der Waals surface area contributed by atoms with Gasteiger partial charge in [0.25, 0.3) is 0 Å². The number of nitriles is 1. The summed E-state index contributed by atoms with van der Waals surface area (Å²) in [5.41, 5.74) is 7.39. The summed E-state index contributed by atoms with van der Waals surface area (Å²) in [7, 11) is -1.51. The fourth-order valence-electron chi connectivity index (χ4n) is 14.8. The van der Waals surface area contributed by atoms with Crippen LogP contribution in [0, 0.1) is 71.0 Å². The van der Waals surface area contributed by atoms with Crippen LogP contribution in [0.25, 0.3) is 75.4 Å². The maximum Gasteiger partial charge on any atom is 0.488 e. The summed E-state index contributed by atoms with van der Waals surface area (Å²) < 4.78 is 135. The molecule has 16 aromatic rings. The number of aromatic hydroxyl groups is 2. The zero-order valence-electron chi connectivity index (χ0n) is 81.6. The molecule has 0 amide bonds. The number of rotatable bonds is 40. The van der Waals surface area contributed by atoms with Crippen molar-refractivity contribution in [3.8, 4) is 79.7 Å². The normalized spacial score (nSPS) is 10.2. The van der Waals surface area contributed by atoms with Crippen LogP contribution in [-0.2, 0) is 13.2 Å². The molecule has 0 heterocycles. The molecule has 25 heteroatoms. The minimum atomic E-state index is -1.51. The van der Waals surface area contributed by atoms with Gasteiger partial charge in [-0.3, -0.25) is 0 Å². The first-order valence-electron chi connectivity index (χ1n) is 48.8. The second kappa shape index (κ2) is 72.2. The maximum absolute atomic E-state index is 14.4. The summed E-state index contributed by atoms with van der Waals surface area (Å²) in [6.07, 6.45) is 26.4. The lowest BCUT2D eigenvalue weighted by molar-refractivity contribution is 0.299. The van der Waals surface area contributed by atoms with E-state index < -0.39 is 18.8 Å². The number of phenols is 2. The van der Waals surface area contributed by atoms with Crippen LogP contribution in [0.3, 0.4) is 0 Å². The molecular formula is C125H130BBr4F8N3O9. The molecule has 0 spiro atoms. The van der Waals surface area contributed by atoms with Gasteiger partial charge in [-0.25, -0.2) is 44.8 Å². The zero-order chi connectivity index (χ0) is 105. The highest BCUT2D eigenvalue weighted by Crippen LogP contribution is 2.34. The first-order valence-corrected chi connectivity index (χ1v) is 52.9. The van der Waals surface area contributed by atoms with Crippen LogP contribution in [0.5, 0.6) is 40.2 Å². The fourth-order valence-corrected chi connectivity index (χ4v) is 16.2. The van der Waals surface area contributed by atoms with Crippen LogP contribution < -0.4 is 29.1 Å². The summed E-state index contributed by atoms with van der Waals surface area (Å²) >= 11 is 13.4. The molecule has 4 N–H and O–H groups in total. The SMILES string of the molecule is BrCCCCCCCCCBr.C.C.C.Fc1cc(OCc2ccccc2)ccc1Br.Fc1ccc(-c2ccc(OCc3ccccc3)cc2F)cc1.N#Cc1ccc2cc(OCCCCCCCCCOc3ccc(-c4ccc(F)cc4)c(F)c3)ccc2c1.OB(O)c1ccc(F)cc1.Oc1ccc(-c2ccc(F)cc2)c(F)c1.[C-]#[N+]c1ccc2cc(O)ccc2c1.[C-]#[N+]c1ccc2cc(OCCCCCCCCCBr)ccc2c1. The minimum absolute atomic E-state index is 0. The molecule has 0 aliphatic heterocycles. The summed E-state index contributed by atoms with van der Waals surface area (Å²) in [6, 6.07) is 95.8. The standard InChI is InChI=1S/C32H31F2NO2.C20H24BrNO.C19H14F2O.C13H10BrFO.C12H8F2O.C11H7NO.C9H18Br2.C6H6BFO2.3CH4/c33-28-13-10-25(11-14-28)31-17-16-30(22-32(31)34)37-19-7-5-3-1-2-4-6-18-36-29-15-12-26-20-24(23-35)8-9-27(26)21-29;1-22-19-11-9-18-16-20(12-10-17(18)15-19)23-14-8-6-4-2-3-5-7-13-21;20-16-8-6-15(7-9-16)18-11-10-17(12-19(18)21)22-13-14-4-2-1-3-5-14;14-12-7-6-11(8-13(12)15)16-9-10-4-2-1-3-5-10;13-9-3-1-8(2-4-9)11-6-5-10(15)7-12(11)14;1-12-10-4-2-9-7-11(13)5-3-8(9)6-10;10-8-6-4-2-1-3-5-7-9-11;8-6-3-1-5(2-4-6)7(9)10;;;/h8-17,20-22H,1-7,18-19H2;9-12,15-16H,2-8,13-14H2;1-12H,13H2;1-8H,9H2;1-7,15H;2-7,13H;1-9H2;1-4,9-10H;3*1H4. The smallest absolute Gasteiger partial charge is 0.488 e. The van der Waals surface area contributed by atoms with E-state index in [1.807, 2.05) is 140 Å². The monoisotopic (exact) mass is 2300 g/mol. The van der Waals surface area contributed by atoms with Gasteiger partial charge in [0.2, 0.25) is 0 Å². The minimum Gasteiger partial charge on any atom is -0.508 e. The van der Waals surface area contributed by atoms with Gasteiger partial charge >= 0.3 is 7.12 Å². The highest BCUT2D eigenvalue weighted by atomic mass is 79.9. The molecule has 0 saturated heterocycles. The Morgan fingerprint density at radius 2 is 0.573 bits per heavy atom. The van der Waals surface area contributed by atoms with Crippen LogP contribution in [-0.4, -0.2) is 63.2 Å². The van der Waals surface area contributed by atoms with Crippen molar-refractivity contribution in [3.05, 3.63) is 430 Å². The largest absolute Gasteiger partial charge is 0.508 e. The Kier molecular flexibility index (Phi) is 60.3. The van der Waals surface area contributed by atoms with E-state index in [1.54, 1.807) is 84.9 Å². The number of ether oxygens (including phenoxy) is 5. The van der Waals surface area contributed by atoms with E-state index in [9.17, 15) is 40.2 Å². The van der Waals surface area contributed by atoms with Gasteiger partial charge in [-0.15, -0.1) is 0 Å². The van der Waals surface area contributed by atoms with Gasteiger partial charge in [-0.2, -0.15) is 5.26 Å². The third-order valence-electron chi connectivity index (χ3n) is 22.8. The van der Waals surface area contributed by atoms with Crippen LogP contribution in [0.15, 0.2) is 344 Å². The molecule has 0 fully saturated rings. The lowest BCUT2D eigenvalue weighted by atomic mass is 9.80. The van der Waals surface area contributed by atoms with Crippen molar-refractivity contribution < 1.29 is 79.1 Å². The van der Waals surface area contributed by atoms with Gasteiger partial charge in [-0.1, -0.05) is 324 Å². The van der Waals surface area contributed by atoms with Gasteiger partial charge in [0, 0.05) is 56.9 Å². The van der Waals surface area contributed by atoms with Crippen LogP contribution in [0.2, 0.25) is 0 Å². The molecule has 786 valence electrons. The average Bonchev–Trinajstić information content (AvgIpc) is 0.841. The van der Waals surface area contributed by atoms with E-state index in [-0.39, 0.29) is 68.7 Å². The maximum atomic E-state index is 14.4. The van der Waals surface area contributed by atoms with Gasteiger partial charge in [-0.05, 0) is 278 Å². The zero-order valence-corrected chi connectivity index (χ0v) is 88.0. The molecule has 0 aliphatic rings. The van der Waals surface area contributed by atoms with E-state index >= 15 is 0 Å². The molecule has 16 aromatic carbocycles. The molecule has 0 radical (unpaired) electrons. The molecule has 12 nitrogen and oxygen atoms in total. The molecule has 0 atom stereocenters. The first-order chi connectivity index (χ1) is 71.5. The molecule has 0 bridgehead atoms. The fraction of sp³-hybridized carbons (Fsp3) is 0.256. The van der Waals surface area contributed by atoms with Crippen LogP contribution in [0.1, 0.15) is 174 Å². The summed E-state index contributed by atoms with van der Waals surface area (Å²) in [5.74, 6) is 0.391. The van der Waals surface area contributed by atoms with Crippen LogP contribution >= 0.6 is 63.7 Å². The second-order valence-electron chi connectivity index (χ2n) is 34.0. The second-order valence-corrected chi connectivity index (χ2v) is 37.3. The van der Waals surface area contributed by atoms with Crippen molar-refractivity contribution in [1.29, 1.82) is 5.26 Å². The van der Waals surface area contributed by atoms with Crippen molar-refractivity contribution in [3.63, 3.8) is 0 Å². The number of alkyl halides is 3. The Morgan fingerprint density at radius 1 is 0.287 bits per heavy atom. The predicted molar refractivity (Wildman–Crippen MR) is 615 cm³/mol. The third kappa shape index (κ3) is 47.3. The van der Waals surface area contributed by atoms with Crippen molar-refractivity contribution in [2.45, 2.75) is 170 Å². The number of benzene rings is 16. The Hall–Kier alpha value is -13.3. The van der Waals surface area contributed by atoms with Gasteiger partial charge in [0.05, 0.1) is 49.1 Å². The first kappa shape index (κ1) is 125. The summed E-state index contributed by atoms with van der Waals surface area (Å²) in [5, 5.41) is 54.1. The molecule has 0 unspecified atom stereocenters. The lowest BCUT2D eigenvalue weighted by Gasteiger charge is -2.09. The van der Waals surface area contributed by atoms with E-state index in [2.05, 4.69) is 85.5 Å². The Labute approximate surface area is 913 Å². The molecule has 150 heavy (non-hydrogen) atoms. The van der Waals surface area contributed by atoms with Crippen molar-refractivity contribution in [2.24, 2.45) is 0 Å². The topological polar surface area (TPSA) is 160 Å². The van der Waals surface area contributed by atoms with Crippen molar-refractivity contribution >= 4 is 120 Å². The predicted octanol–water partition coefficient (Wildman–Crippen LogP) is 37.5. The van der Waals surface area contributed by atoms with E-state index in [4.69, 9.17) is 57.2 Å². The van der Waals surface area contributed by atoms with Gasteiger partial charge < -0.3 is 43.9 Å². The lowest BCUT2D eigenvalue weighted by Crippen LogP contribution is -2.29. The molecule has 16 rings (SSSR count). The van der Waals surface area contributed by atoms with Gasteiger partial charge in [0.1, 0.15) is 100.0 Å². The Morgan fingerprint density at radius 3 is 0.933 bits per heavy atom. The molecule has 0 saturated carbocycles. The van der Waals surface area contributed by atoms with Crippen LogP contribution in [0.4, 0.5) is 46.5 Å². The number of hydrogen-bond acceptors (Lipinski definition) is 10. The summed E-state index contributed by atoms with van der Waals surface area (Å²) in [6.45, 7) is 16.8. The number of nitrogens with zero attached hydrogens (tertiary/aromatic N) is 3. The van der Waals surface area contributed by atoms with E-state index in [1.165, 1.54) is 210 Å². The van der Waals surface area contributed by atoms with Gasteiger partial charge in [0.15, 0.2) is 11.4 Å². The van der Waals surface area contributed by atoms with Crippen molar-refractivity contribution in [2.75, 3.05) is 35.8 Å². The Balaban J connectivity index is 0.000000270. The third-order valence-corrected chi connectivity index (χ3v) is 25.1. The summed E-state index contributed by atoms with van der Waals surface area (Å²) in [4.78, 5) is 6.79. The number of halogens is 12. The number of phenolic OH excluding ortho intramolecular Hbond substituents is 2. The number of unbranched alkanes of at least 4 members (excludes halogenated alkanes) is 18. The Bertz CT molecular complexity index is 6730. The molecular weight excluding hydrogens is 2170 g/mol. The van der Waals surface area contributed by atoms with Crippen molar-refractivity contribution in [1.82, 2.24) is 0 Å². The number of hydrogen-bond donors (Lipinski definition) is 4. The highest BCUT2D eigenvalue weighted by molar-refractivity contribution is 9.10. The molecule has 0 aliphatic carbocycles. The quantitative estimate of drug-likeness (QED) is 0.00957. The van der Waals surface area contributed by atoms with E-state index in [0.717, 1.165) is 111 Å².